The van der Waals surface area contributed by atoms with Gasteiger partial charge in [-0.25, -0.2) is 9.97 Å². The molecule has 0 bridgehead atoms. The third kappa shape index (κ3) is 4.61. The van der Waals surface area contributed by atoms with Crippen LogP contribution < -0.4 is 0 Å². The van der Waals surface area contributed by atoms with E-state index in [0.29, 0.717) is 5.82 Å². The molecule has 0 spiro atoms. The Morgan fingerprint density at radius 2 is 1.09 bits per heavy atom. The van der Waals surface area contributed by atoms with Crippen LogP contribution in [0.2, 0.25) is 0 Å². The van der Waals surface area contributed by atoms with Crippen molar-refractivity contribution in [1.29, 1.82) is 0 Å². The van der Waals surface area contributed by atoms with E-state index in [0.717, 1.165) is 71.9 Å². The van der Waals surface area contributed by atoms with Crippen LogP contribution in [0, 0.1) is 0 Å². The maximum Gasteiger partial charge on any atom is 0.161 e. The Balaban J connectivity index is 1.13. The van der Waals surface area contributed by atoms with E-state index in [1.165, 1.54) is 33.0 Å². The number of benzene rings is 8. The van der Waals surface area contributed by atoms with Crippen molar-refractivity contribution in [3.05, 3.63) is 181 Å². The second kappa shape index (κ2) is 11.6. The number of aromatic nitrogens is 2. The van der Waals surface area contributed by atoms with Crippen molar-refractivity contribution in [1.82, 2.24) is 9.97 Å². The fourth-order valence-corrected chi connectivity index (χ4v) is 8.77. The Morgan fingerprint density at radius 1 is 0.426 bits per heavy atom. The predicted molar refractivity (Wildman–Crippen MR) is 224 cm³/mol. The molecular weight excluding hydrogens is 657 g/mol. The number of nitrogens with zero attached hydrogens (tertiary/aromatic N) is 2. The Kier molecular flexibility index (Phi) is 6.60. The van der Waals surface area contributed by atoms with Gasteiger partial charge in [-0.2, -0.15) is 0 Å². The van der Waals surface area contributed by atoms with Crippen molar-refractivity contribution in [2.24, 2.45) is 0 Å². The second-order valence-corrected chi connectivity index (χ2v) is 14.9. The van der Waals surface area contributed by atoms with Crippen molar-refractivity contribution >= 4 is 43.5 Å². The van der Waals surface area contributed by atoms with Gasteiger partial charge in [-0.3, -0.25) is 0 Å². The van der Waals surface area contributed by atoms with E-state index in [2.05, 4.69) is 178 Å². The fraction of sp³-hybridized carbons (Fsp3) is 0.0588. The van der Waals surface area contributed by atoms with Gasteiger partial charge >= 0.3 is 0 Å². The summed E-state index contributed by atoms with van der Waals surface area (Å²) in [6.07, 6.45) is 0. The van der Waals surface area contributed by atoms with E-state index < -0.39 is 0 Å². The molecule has 0 N–H and O–H groups in total. The lowest BCUT2D eigenvalue weighted by Gasteiger charge is -2.22. The predicted octanol–water partition coefficient (Wildman–Crippen LogP) is 13.7. The Morgan fingerprint density at radius 3 is 1.96 bits per heavy atom. The lowest BCUT2D eigenvalue weighted by molar-refractivity contribution is 0.660. The highest BCUT2D eigenvalue weighted by Gasteiger charge is 2.35. The molecule has 1 aliphatic rings. The summed E-state index contributed by atoms with van der Waals surface area (Å²) in [4.78, 5) is 10.5. The van der Waals surface area contributed by atoms with E-state index >= 15 is 0 Å². The number of para-hydroxylation sites is 1. The van der Waals surface area contributed by atoms with Crippen molar-refractivity contribution in [2.75, 3.05) is 0 Å². The molecule has 3 nitrogen and oxygen atoms in total. The van der Waals surface area contributed by atoms with Crippen molar-refractivity contribution in [3.8, 4) is 56.2 Å². The van der Waals surface area contributed by atoms with Gasteiger partial charge in [-0.1, -0.05) is 159 Å². The molecule has 0 amide bonds. The molecule has 0 radical (unpaired) electrons. The summed E-state index contributed by atoms with van der Waals surface area (Å²) in [5.41, 5.74) is 14.0. The van der Waals surface area contributed by atoms with E-state index in [4.69, 9.17) is 14.4 Å². The molecule has 254 valence electrons. The van der Waals surface area contributed by atoms with Crippen LogP contribution in [0.4, 0.5) is 0 Å². The molecule has 0 saturated carbocycles. The van der Waals surface area contributed by atoms with Crippen molar-refractivity contribution < 1.29 is 4.42 Å². The number of rotatable bonds is 4. The summed E-state index contributed by atoms with van der Waals surface area (Å²) < 4.78 is 6.96. The number of fused-ring (bicyclic) bond motifs is 9. The Labute approximate surface area is 313 Å². The molecular formula is C51H34N2O. The van der Waals surface area contributed by atoms with E-state index in [1.807, 2.05) is 6.07 Å². The SMILES string of the molecule is CC1(C)c2ccccc2-c2ccc(-c3cccc4c3oc3cc(-c5nc(-c6ccccc6)cc(-c6ccc7ccccc7c6)n5)c5ccccc5c34)cc21. The summed E-state index contributed by atoms with van der Waals surface area (Å²) in [6, 6.07) is 60.4. The van der Waals surface area contributed by atoms with Crippen LogP contribution in [0.5, 0.6) is 0 Å². The van der Waals surface area contributed by atoms with Crippen LogP contribution in [0.1, 0.15) is 25.0 Å². The van der Waals surface area contributed by atoms with E-state index in [1.54, 1.807) is 0 Å². The lowest BCUT2D eigenvalue weighted by atomic mass is 9.81. The summed E-state index contributed by atoms with van der Waals surface area (Å²) >= 11 is 0. The topological polar surface area (TPSA) is 38.9 Å². The first-order valence-corrected chi connectivity index (χ1v) is 18.6. The third-order valence-electron chi connectivity index (χ3n) is 11.5. The second-order valence-electron chi connectivity index (χ2n) is 14.9. The zero-order chi connectivity index (χ0) is 36.0. The van der Waals surface area contributed by atoms with Gasteiger partial charge in [0.15, 0.2) is 5.82 Å². The van der Waals surface area contributed by atoms with Crippen molar-refractivity contribution in [2.45, 2.75) is 19.3 Å². The molecule has 0 saturated heterocycles. The summed E-state index contributed by atoms with van der Waals surface area (Å²) in [7, 11) is 0. The highest BCUT2D eigenvalue weighted by Crippen LogP contribution is 2.50. The minimum absolute atomic E-state index is 0.0885. The van der Waals surface area contributed by atoms with Gasteiger partial charge in [0.1, 0.15) is 11.2 Å². The molecule has 3 heteroatoms. The van der Waals surface area contributed by atoms with Gasteiger partial charge in [0.05, 0.1) is 11.4 Å². The molecule has 2 heterocycles. The van der Waals surface area contributed by atoms with Crippen LogP contribution in [0.25, 0.3) is 99.6 Å². The molecule has 0 aliphatic heterocycles. The number of furan rings is 1. The first-order valence-electron chi connectivity index (χ1n) is 18.6. The normalized spacial score (nSPS) is 13.1. The molecule has 1 aliphatic carbocycles. The van der Waals surface area contributed by atoms with Gasteiger partial charge in [0.2, 0.25) is 0 Å². The molecule has 10 aromatic rings. The highest BCUT2D eigenvalue weighted by atomic mass is 16.3. The minimum atomic E-state index is -0.0885. The molecule has 11 rings (SSSR count). The van der Waals surface area contributed by atoms with Crippen LogP contribution in [0.3, 0.4) is 0 Å². The quantitative estimate of drug-likeness (QED) is 0.184. The monoisotopic (exact) mass is 690 g/mol. The Hall–Kier alpha value is -6.84. The highest BCUT2D eigenvalue weighted by molar-refractivity contribution is 6.23. The minimum Gasteiger partial charge on any atom is -0.455 e. The van der Waals surface area contributed by atoms with Crippen LogP contribution >= 0.6 is 0 Å². The molecule has 8 aromatic carbocycles. The van der Waals surface area contributed by atoms with Crippen LogP contribution in [0.15, 0.2) is 174 Å². The summed E-state index contributed by atoms with van der Waals surface area (Å²) in [5, 5.41) is 6.79. The average molecular weight is 691 g/mol. The zero-order valence-electron chi connectivity index (χ0n) is 30.0. The number of hydrogen-bond acceptors (Lipinski definition) is 3. The summed E-state index contributed by atoms with van der Waals surface area (Å²) in [5.74, 6) is 0.665. The summed E-state index contributed by atoms with van der Waals surface area (Å²) in [6.45, 7) is 4.66. The van der Waals surface area contributed by atoms with E-state index in [-0.39, 0.29) is 5.41 Å². The van der Waals surface area contributed by atoms with Gasteiger partial charge in [-0.15, -0.1) is 0 Å². The van der Waals surface area contributed by atoms with E-state index in [9.17, 15) is 0 Å². The Bertz CT molecular complexity index is 3130. The van der Waals surface area contributed by atoms with Gasteiger partial charge in [-0.05, 0) is 73.6 Å². The molecule has 0 unspecified atom stereocenters. The molecule has 2 aromatic heterocycles. The first kappa shape index (κ1) is 30.8. The maximum atomic E-state index is 6.96. The van der Waals surface area contributed by atoms with Gasteiger partial charge in [0, 0.05) is 38.4 Å². The van der Waals surface area contributed by atoms with Crippen LogP contribution in [-0.4, -0.2) is 9.97 Å². The standard InChI is InChI=1S/C51H34N2O/c1-51(2)43-22-11-10-18-38(43)39-26-25-34(28-44(39)51)36-20-12-21-41-48-40-19-9-8-17-37(40)42(29-47(48)54-49(36)41)50-52-45(32-14-4-3-5-15-32)30-46(53-50)35-24-23-31-13-6-7-16-33(31)27-35/h3-30H,1-2H3. The molecule has 54 heavy (non-hydrogen) atoms. The smallest absolute Gasteiger partial charge is 0.161 e. The third-order valence-corrected chi connectivity index (χ3v) is 11.5. The lowest BCUT2D eigenvalue weighted by Crippen LogP contribution is -2.14. The van der Waals surface area contributed by atoms with Crippen LogP contribution in [-0.2, 0) is 5.41 Å². The van der Waals surface area contributed by atoms with Gasteiger partial charge < -0.3 is 4.42 Å². The fourth-order valence-electron chi connectivity index (χ4n) is 8.77. The molecule has 0 atom stereocenters. The number of hydrogen-bond donors (Lipinski definition) is 0. The van der Waals surface area contributed by atoms with Gasteiger partial charge in [0.25, 0.3) is 0 Å². The van der Waals surface area contributed by atoms with Crippen molar-refractivity contribution in [3.63, 3.8) is 0 Å². The molecule has 0 fully saturated rings. The largest absolute Gasteiger partial charge is 0.455 e. The zero-order valence-corrected chi connectivity index (χ0v) is 30.0. The maximum absolute atomic E-state index is 6.96. The average Bonchev–Trinajstić information content (AvgIpc) is 3.72. The first-order chi connectivity index (χ1) is 26.5.